The lowest BCUT2D eigenvalue weighted by Gasteiger charge is -2.24. The summed E-state index contributed by atoms with van der Waals surface area (Å²) < 4.78 is 0. The number of carbonyl (C=O) groups is 1. The first-order valence-corrected chi connectivity index (χ1v) is 8.39. The van der Waals surface area contributed by atoms with Gasteiger partial charge in [0.1, 0.15) is 5.37 Å². The minimum absolute atomic E-state index is 0.00000707. The molecule has 0 spiro atoms. The van der Waals surface area contributed by atoms with Crippen molar-refractivity contribution in [3.05, 3.63) is 79.9 Å². The Hall–Kier alpha value is -2.94. The molecule has 1 fully saturated rings. The van der Waals surface area contributed by atoms with E-state index in [0.717, 1.165) is 11.1 Å². The van der Waals surface area contributed by atoms with E-state index >= 15 is 0 Å². The maximum absolute atomic E-state index is 12.2. The summed E-state index contributed by atoms with van der Waals surface area (Å²) in [6.07, 6.45) is 0. The largest absolute Gasteiger partial charge is 0.322 e. The van der Waals surface area contributed by atoms with Crippen LogP contribution in [0.25, 0.3) is 0 Å². The van der Waals surface area contributed by atoms with Crippen molar-refractivity contribution in [2.24, 2.45) is 0 Å². The Kier molecular flexibility index (Phi) is 4.66. The molecule has 1 heterocycles. The van der Waals surface area contributed by atoms with Crippen molar-refractivity contribution in [1.82, 2.24) is 4.90 Å². The minimum Gasteiger partial charge on any atom is -0.322 e. The van der Waals surface area contributed by atoms with Crippen molar-refractivity contribution in [1.29, 1.82) is 0 Å². The van der Waals surface area contributed by atoms with Crippen molar-refractivity contribution in [3.63, 3.8) is 0 Å². The van der Waals surface area contributed by atoms with E-state index in [-0.39, 0.29) is 22.7 Å². The molecule has 25 heavy (non-hydrogen) atoms. The van der Waals surface area contributed by atoms with Crippen LogP contribution in [-0.2, 0) is 11.3 Å². The molecule has 2 aromatic rings. The second-order valence-electron chi connectivity index (χ2n) is 5.46. The Labute approximate surface area is 146 Å². The number of amides is 1. The maximum Gasteiger partial charge on any atom is 0.269 e. The zero-order valence-corrected chi connectivity index (χ0v) is 13.7. The van der Waals surface area contributed by atoms with Gasteiger partial charge in [-0.2, -0.15) is 0 Å². The number of hydrogen-bond donors (Lipinski definition) is 0. The van der Waals surface area contributed by atoms with Crippen molar-refractivity contribution in [2.45, 2.75) is 11.9 Å². The molecule has 0 saturated carbocycles. The second-order valence-corrected chi connectivity index (χ2v) is 6.53. The first-order valence-electron chi connectivity index (χ1n) is 7.34. The summed E-state index contributed by atoms with van der Waals surface area (Å²) in [5.41, 5.74) is 1.59. The monoisotopic (exact) mass is 359 g/mol. The van der Waals surface area contributed by atoms with Crippen LogP contribution in [0.1, 0.15) is 16.5 Å². The number of benzene rings is 2. The topological polar surface area (TPSA) is 107 Å². The highest BCUT2D eigenvalue weighted by Crippen LogP contribution is 2.40. The van der Waals surface area contributed by atoms with Crippen molar-refractivity contribution >= 4 is 29.0 Å². The summed E-state index contributed by atoms with van der Waals surface area (Å²) in [4.78, 5) is 34.4. The number of carbonyl (C=O) groups excluding carboxylic acids is 1. The van der Waals surface area contributed by atoms with Crippen molar-refractivity contribution in [3.8, 4) is 0 Å². The molecule has 0 aliphatic carbocycles. The molecular weight excluding hydrogens is 346 g/mol. The van der Waals surface area contributed by atoms with Crippen molar-refractivity contribution in [2.75, 3.05) is 5.75 Å². The van der Waals surface area contributed by atoms with Crippen LogP contribution in [0.15, 0.2) is 48.5 Å². The van der Waals surface area contributed by atoms with Crippen LogP contribution >= 0.6 is 11.8 Å². The van der Waals surface area contributed by atoms with E-state index in [4.69, 9.17) is 0 Å². The zero-order chi connectivity index (χ0) is 18.0. The van der Waals surface area contributed by atoms with Crippen LogP contribution < -0.4 is 0 Å². The third-order valence-electron chi connectivity index (χ3n) is 3.86. The SMILES string of the molecule is O=C1CSC(c2ccc([N+](=O)[O-])cc2)N1Cc1ccc([N+](=O)[O-])cc1. The first-order chi connectivity index (χ1) is 12.0. The quantitative estimate of drug-likeness (QED) is 0.599. The molecule has 0 radical (unpaired) electrons. The van der Waals surface area contributed by atoms with Crippen molar-refractivity contribution < 1.29 is 14.6 Å². The van der Waals surface area contributed by atoms with Crippen LogP contribution in [0.2, 0.25) is 0 Å². The van der Waals surface area contributed by atoms with Crippen LogP contribution in [0.5, 0.6) is 0 Å². The average molecular weight is 359 g/mol. The Morgan fingerprint density at radius 1 is 0.960 bits per heavy atom. The standard InChI is InChI=1S/C16H13N3O5S/c20-15-10-25-16(12-3-7-14(8-4-12)19(23)24)17(15)9-11-1-5-13(6-2-11)18(21)22/h1-8,16H,9-10H2. The van der Waals surface area contributed by atoms with E-state index in [1.807, 2.05) is 0 Å². The Bertz CT molecular complexity index is 823. The van der Waals surface area contributed by atoms with Gasteiger partial charge in [-0.1, -0.05) is 12.1 Å². The third-order valence-corrected chi connectivity index (χ3v) is 5.11. The molecule has 9 heteroatoms. The fourth-order valence-electron chi connectivity index (χ4n) is 2.58. The molecule has 0 bridgehead atoms. The van der Waals surface area contributed by atoms with Gasteiger partial charge in [0.15, 0.2) is 0 Å². The summed E-state index contributed by atoms with van der Waals surface area (Å²) in [5.74, 6) is 0.293. The number of nitro groups is 2. The molecule has 3 rings (SSSR count). The lowest BCUT2D eigenvalue weighted by atomic mass is 10.1. The number of hydrogen-bond acceptors (Lipinski definition) is 6. The molecular formula is C16H13N3O5S. The van der Waals surface area contributed by atoms with E-state index in [0.29, 0.717) is 12.3 Å². The maximum atomic E-state index is 12.2. The second kappa shape index (κ2) is 6.89. The number of rotatable bonds is 5. The Balaban J connectivity index is 1.79. The molecule has 2 aromatic carbocycles. The molecule has 0 aromatic heterocycles. The number of nitro benzene ring substituents is 2. The Morgan fingerprint density at radius 2 is 1.48 bits per heavy atom. The van der Waals surface area contributed by atoms with Crippen LogP contribution in [0, 0.1) is 20.2 Å². The summed E-state index contributed by atoms with van der Waals surface area (Å²) >= 11 is 1.45. The molecule has 1 unspecified atom stereocenters. The molecule has 1 saturated heterocycles. The van der Waals surface area contributed by atoms with Gasteiger partial charge < -0.3 is 4.90 Å². The zero-order valence-electron chi connectivity index (χ0n) is 12.9. The summed E-state index contributed by atoms with van der Waals surface area (Å²) in [6, 6.07) is 12.2. The normalized spacial score (nSPS) is 16.9. The highest BCUT2D eigenvalue weighted by Gasteiger charge is 2.33. The summed E-state index contributed by atoms with van der Waals surface area (Å²) in [7, 11) is 0. The van der Waals surface area contributed by atoms with Crippen LogP contribution in [-0.4, -0.2) is 26.4 Å². The van der Waals surface area contributed by atoms with E-state index < -0.39 is 9.85 Å². The predicted molar refractivity (Wildman–Crippen MR) is 91.9 cm³/mol. The van der Waals surface area contributed by atoms with Gasteiger partial charge in [-0.3, -0.25) is 25.0 Å². The van der Waals surface area contributed by atoms with E-state index in [1.54, 1.807) is 29.2 Å². The van der Waals surface area contributed by atoms with Gasteiger partial charge in [-0.15, -0.1) is 11.8 Å². The van der Waals surface area contributed by atoms with Gasteiger partial charge in [-0.25, -0.2) is 0 Å². The molecule has 1 aliphatic rings. The highest BCUT2D eigenvalue weighted by atomic mass is 32.2. The van der Waals surface area contributed by atoms with Crippen LogP contribution in [0.4, 0.5) is 11.4 Å². The average Bonchev–Trinajstić information content (AvgIpc) is 2.96. The summed E-state index contributed by atoms with van der Waals surface area (Å²) in [5, 5.41) is 21.2. The predicted octanol–water partition coefficient (Wildman–Crippen LogP) is 3.28. The molecule has 1 atom stereocenters. The van der Waals surface area contributed by atoms with E-state index in [2.05, 4.69) is 0 Å². The van der Waals surface area contributed by atoms with E-state index in [9.17, 15) is 25.0 Å². The van der Waals surface area contributed by atoms with Gasteiger partial charge in [0.05, 0.1) is 15.6 Å². The Morgan fingerprint density at radius 3 is 2.00 bits per heavy atom. The van der Waals surface area contributed by atoms with Gasteiger partial charge in [0.2, 0.25) is 5.91 Å². The fraction of sp³-hybridized carbons (Fsp3) is 0.188. The molecule has 8 nitrogen and oxygen atoms in total. The number of thioether (sulfide) groups is 1. The number of non-ortho nitro benzene ring substituents is 2. The molecule has 0 N–H and O–H groups in total. The summed E-state index contributed by atoms with van der Waals surface area (Å²) in [6.45, 7) is 0.325. The first kappa shape index (κ1) is 16.9. The number of nitrogens with zero attached hydrogens (tertiary/aromatic N) is 3. The van der Waals surface area contributed by atoms with E-state index in [1.165, 1.54) is 36.0 Å². The smallest absolute Gasteiger partial charge is 0.269 e. The molecule has 1 amide bonds. The van der Waals surface area contributed by atoms with Crippen LogP contribution in [0.3, 0.4) is 0 Å². The van der Waals surface area contributed by atoms with Gasteiger partial charge in [0.25, 0.3) is 11.4 Å². The minimum atomic E-state index is -0.472. The van der Waals surface area contributed by atoms with Gasteiger partial charge >= 0.3 is 0 Å². The van der Waals surface area contributed by atoms with Gasteiger partial charge in [-0.05, 0) is 23.3 Å². The lowest BCUT2D eigenvalue weighted by Crippen LogP contribution is -2.27. The molecule has 128 valence electrons. The molecule has 1 aliphatic heterocycles. The van der Waals surface area contributed by atoms with Gasteiger partial charge in [0, 0.05) is 30.8 Å². The fourth-order valence-corrected chi connectivity index (χ4v) is 3.77. The third kappa shape index (κ3) is 3.61. The highest BCUT2D eigenvalue weighted by molar-refractivity contribution is 8.00. The lowest BCUT2D eigenvalue weighted by molar-refractivity contribution is -0.385.